The van der Waals surface area contributed by atoms with Gasteiger partial charge in [0.2, 0.25) is 0 Å². The van der Waals surface area contributed by atoms with E-state index in [0.29, 0.717) is 317 Å². The molecule has 0 aromatic heterocycles. The van der Waals surface area contributed by atoms with E-state index in [9.17, 15) is 9.59 Å². The maximum Gasteiger partial charge on any atom is 0.407 e. The SMILES string of the molecule is O=C(O)CCOCCOCCOCCOCCOCCOCCOCCOCCOCCOCCOCCOCCOCCOCCOCCOCCOCCOCCOCCOCCOCCOCCOCCOCCNC(=O)OC1CCC=CCCC1. The van der Waals surface area contributed by atoms with Gasteiger partial charge in [0.1, 0.15) is 6.10 Å². The van der Waals surface area contributed by atoms with Crippen molar-refractivity contribution >= 4 is 12.1 Å². The Bertz CT molecular complexity index is 1420. The molecule has 0 saturated carbocycles. The molecular weight excluding hydrogens is 1180 g/mol. The molecule has 0 aromatic rings. The van der Waals surface area contributed by atoms with Gasteiger partial charge in [-0.25, -0.2) is 4.79 Å². The molecule has 29 nitrogen and oxygen atoms in total. The number of hydrogen-bond acceptors (Lipinski definition) is 27. The largest absolute Gasteiger partial charge is 0.481 e. The molecule has 0 spiro atoms. The van der Waals surface area contributed by atoms with Gasteiger partial charge in [-0.05, 0) is 32.1 Å². The van der Waals surface area contributed by atoms with E-state index in [0.717, 1.165) is 32.1 Å². The van der Waals surface area contributed by atoms with Crippen LogP contribution in [0.1, 0.15) is 38.5 Å². The number of rotatable bonds is 76. The van der Waals surface area contributed by atoms with E-state index in [1.54, 1.807) is 0 Å². The van der Waals surface area contributed by atoms with Crippen molar-refractivity contribution in [1.29, 1.82) is 0 Å². The number of carbonyl (C=O) groups is 2. The Morgan fingerprint density at radius 1 is 0.270 bits per heavy atom. The van der Waals surface area contributed by atoms with Gasteiger partial charge in [-0.1, -0.05) is 12.2 Å². The first-order valence-electron chi connectivity index (χ1n) is 31.9. The first-order chi connectivity index (χ1) is 44.2. The van der Waals surface area contributed by atoms with Gasteiger partial charge in [0, 0.05) is 6.54 Å². The summed E-state index contributed by atoms with van der Waals surface area (Å²) in [5.41, 5.74) is 0. The van der Waals surface area contributed by atoms with Crippen LogP contribution >= 0.6 is 0 Å². The standard InChI is InChI=1S/C60H115NO28/c62-59(63)8-10-65-12-14-67-16-18-69-20-22-71-24-26-73-28-30-75-32-34-77-36-38-79-40-42-81-44-46-83-48-50-85-52-54-87-56-57-88-55-53-86-51-49-84-47-45-82-43-41-80-39-37-78-35-33-76-31-29-74-27-25-72-23-21-70-19-17-68-15-13-66-11-9-61-60(64)89-58-6-4-2-1-3-5-7-58/h1-2,58H,3-57H2,(H,61,64)(H,62,63). The van der Waals surface area contributed by atoms with E-state index in [-0.39, 0.29) is 25.2 Å². The molecule has 1 rings (SSSR count). The normalized spacial score (nSPS) is 13.6. The summed E-state index contributed by atoms with van der Waals surface area (Å²) in [6.45, 7) is 22.5. The predicted octanol–water partition coefficient (Wildman–Crippen LogP) is 2.47. The fourth-order valence-corrected chi connectivity index (χ4v) is 6.98. The van der Waals surface area contributed by atoms with Crippen LogP contribution in [-0.4, -0.2) is 347 Å². The summed E-state index contributed by atoms with van der Waals surface area (Å²) >= 11 is 0. The van der Waals surface area contributed by atoms with Gasteiger partial charge >= 0.3 is 12.1 Å². The van der Waals surface area contributed by atoms with Gasteiger partial charge in [-0.15, -0.1) is 0 Å². The molecule has 29 heteroatoms. The van der Waals surface area contributed by atoms with Gasteiger partial charge in [0.25, 0.3) is 0 Å². The molecule has 0 radical (unpaired) electrons. The van der Waals surface area contributed by atoms with Crippen molar-refractivity contribution in [3.63, 3.8) is 0 Å². The van der Waals surface area contributed by atoms with E-state index in [4.69, 9.17) is 124 Å². The topological polar surface area (TPSA) is 297 Å². The summed E-state index contributed by atoms with van der Waals surface area (Å²) < 4.78 is 137. The zero-order chi connectivity index (χ0) is 63.4. The lowest BCUT2D eigenvalue weighted by atomic mass is 10.0. The second kappa shape index (κ2) is 76.2. The molecule has 0 aromatic carbocycles. The summed E-state index contributed by atoms with van der Waals surface area (Å²) in [7, 11) is 0. The lowest BCUT2D eigenvalue weighted by Crippen LogP contribution is -2.31. The first-order valence-corrected chi connectivity index (χ1v) is 31.9. The summed E-state index contributed by atoms with van der Waals surface area (Å²) in [4.78, 5) is 22.4. The number of amides is 1. The van der Waals surface area contributed by atoms with E-state index in [2.05, 4.69) is 17.5 Å². The van der Waals surface area contributed by atoms with Gasteiger partial charge in [0.05, 0.1) is 324 Å². The first kappa shape index (κ1) is 84.5. The summed E-state index contributed by atoms with van der Waals surface area (Å²) in [5.74, 6) is -0.880. The average Bonchev–Trinajstić information content (AvgIpc) is 3.57. The van der Waals surface area contributed by atoms with Crippen molar-refractivity contribution < 1.29 is 133 Å². The maximum absolute atomic E-state index is 12.0. The Hall–Kier alpha value is -2.48. The summed E-state index contributed by atoms with van der Waals surface area (Å²) in [6.07, 6.45) is 8.74. The van der Waals surface area contributed by atoms with E-state index >= 15 is 0 Å². The number of hydrogen-bond donors (Lipinski definition) is 2. The smallest absolute Gasteiger partial charge is 0.407 e. The molecule has 0 bridgehead atoms. The molecule has 1 amide bonds. The second-order valence-corrected chi connectivity index (χ2v) is 18.8. The third kappa shape index (κ3) is 74.4. The molecule has 2 N–H and O–H groups in total. The Kier molecular flexibility index (Phi) is 72.4. The van der Waals surface area contributed by atoms with Crippen molar-refractivity contribution in [1.82, 2.24) is 5.32 Å². The third-order valence-electron chi connectivity index (χ3n) is 11.5. The minimum atomic E-state index is -0.880. The number of nitrogens with one attached hydrogen (secondary N) is 1. The van der Waals surface area contributed by atoms with Crippen molar-refractivity contribution in [2.45, 2.75) is 44.6 Å². The highest BCUT2D eigenvalue weighted by molar-refractivity contribution is 5.67. The van der Waals surface area contributed by atoms with Crippen LogP contribution in [0.15, 0.2) is 12.2 Å². The third-order valence-corrected chi connectivity index (χ3v) is 11.5. The highest BCUT2D eigenvalue weighted by Gasteiger charge is 2.14. The Balaban J connectivity index is 1.59. The van der Waals surface area contributed by atoms with Gasteiger partial charge < -0.3 is 129 Å². The van der Waals surface area contributed by atoms with Crippen molar-refractivity contribution in [3.05, 3.63) is 12.2 Å². The number of ether oxygens (including phenoxy) is 25. The molecular formula is C60H115NO28. The van der Waals surface area contributed by atoms with Crippen LogP contribution in [-0.2, 0) is 123 Å². The number of aliphatic carboxylic acids is 1. The average molecular weight is 1300 g/mol. The van der Waals surface area contributed by atoms with Crippen molar-refractivity contribution in [2.75, 3.05) is 324 Å². The monoisotopic (exact) mass is 1300 g/mol. The van der Waals surface area contributed by atoms with E-state index in [1.165, 1.54) is 0 Å². The van der Waals surface area contributed by atoms with Crippen LogP contribution in [0, 0.1) is 0 Å². The Morgan fingerprint density at radius 2 is 0.461 bits per heavy atom. The van der Waals surface area contributed by atoms with Crippen LogP contribution < -0.4 is 5.32 Å². The molecule has 89 heavy (non-hydrogen) atoms. The van der Waals surface area contributed by atoms with Crippen LogP contribution in [0.2, 0.25) is 0 Å². The van der Waals surface area contributed by atoms with Crippen molar-refractivity contribution in [2.24, 2.45) is 0 Å². The highest BCUT2D eigenvalue weighted by Crippen LogP contribution is 2.15. The van der Waals surface area contributed by atoms with Crippen LogP contribution in [0.4, 0.5) is 4.79 Å². The fourth-order valence-electron chi connectivity index (χ4n) is 6.98. The quantitative estimate of drug-likeness (QED) is 0.0653. The number of allylic oxidation sites excluding steroid dienone is 2. The minimum Gasteiger partial charge on any atom is -0.481 e. The van der Waals surface area contributed by atoms with E-state index in [1.807, 2.05) is 0 Å². The van der Waals surface area contributed by atoms with Gasteiger partial charge in [-0.3, -0.25) is 4.79 Å². The lowest BCUT2D eigenvalue weighted by Gasteiger charge is -2.18. The van der Waals surface area contributed by atoms with Crippen LogP contribution in [0.3, 0.4) is 0 Å². The number of carboxylic acids is 1. The lowest BCUT2D eigenvalue weighted by molar-refractivity contribution is -0.138. The predicted molar refractivity (Wildman–Crippen MR) is 322 cm³/mol. The fraction of sp³-hybridized carbons (Fsp3) is 0.933. The minimum absolute atomic E-state index is 0.0108. The second-order valence-electron chi connectivity index (χ2n) is 18.8. The molecule has 1 aliphatic carbocycles. The number of carboxylic acid groups (broad SMARTS) is 1. The van der Waals surface area contributed by atoms with Crippen molar-refractivity contribution in [3.8, 4) is 0 Å². The molecule has 1 atom stereocenters. The maximum atomic E-state index is 12.0. The number of alkyl carbamates (subject to hydrolysis) is 1. The molecule has 0 saturated heterocycles. The molecule has 528 valence electrons. The molecule has 0 heterocycles. The highest BCUT2D eigenvalue weighted by atomic mass is 16.6. The summed E-state index contributed by atoms with van der Waals surface area (Å²) in [6, 6.07) is 0. The van der Waals surface area contributed by atoms with Crippen LogP contribution in [0.5, 0.6) is 0 Å². The number of carbonyl (C=O) groups excluding carboxylic acids is 1. The zero-order valence-corrected chi connectivity index (χ0v) is 53.6. The van der Waals surface area contributed by atoms with Gasteiger partial charge in [0.15, 0.2) is 0 Å². The Labute approximate surface area is 529 Å². The summed E-state index contributed by atoms with van der Waals surface area (Å²) in [5, 5.41) is 11.3. The molecule has 0 aliphatic heterocycles. The Morgan fingerprint density at radius 3 is 0.674 bits per heavy atom. The van der Waals surface area contributed by atoms with E-state index < -0.39 is 5.97 Å². The molecule has 1 unspecified atom stereocenters. The zero-order valence-electron chi connectivity index (χ0n) is 53.6. The van der Waals surface area contributed by atoms with Gasteiger partial charge in [-0.2, -0.15) is 0 Å². The molecule has 0 fully saturated rings. The van der Waals surface area contributed by atoms with Crippen LogP contribution in [0.25, 0.3) is 0 Å². The molecule has 1 aliphatic rings.